The Hall–Kier alpha value is -0.950. The van der Waals surface area contributed by atoms with Gasteiger partial charge in [-0.3, -0.25) is 4.90 Å². The van der Waals surface area contributed by atoms with E-state index in [1.807, 2.05) is 6.07 Å². The fraction of sp³-hybridized carbons (Fsp3) is 0.600. The SMILES string of the molecule is COCCc1noc([C@@H]2CCCN(Cc3ccc(Cl)s3)C2)n1. The molecule has 3 heterocycles. The summed E-state index contributed by atoms with van der Waals surface area (Å²) in [4.78, 5) is 8.26. The first-order valence-corrected chi connectivity index (χ1v) is 8.72. The Morgan fingerprint density at radius 2 is 2.41 bits per heavy atom. The quantitative estimate of drug-likeness (QED) is 0.806. The monoisotopic (exact) mass is 341 g/mol. The van der Waals surface area contributed by atoms with Crippen molar-refractivity contribution in [3.05, 3.63) is 33.1 Å². The molecule has 0 unspecified atom stereocenters. The summed E-state index contributed by atoms with van der Waals surface area (Å²) in [6.45, 7) is 3.63. The summed E-state index contributed by atoms with van der Waals surface area (Å²) < 4.78 is 11.3. The maximum atomic E-state index is 6.00. The lowest BCUT2D eigenvalue weighted by molar-refractivity contribution is 0.181. The van der Waals surface area contributed by atoms with Crippen LogP contribution in [0.2, 0.25) is 4.34 Å². The summed E-state index contributed by atoms with van der Waals surface area (Å²) in [6.07, 6.45) is 2.96. The molecule has 3 rings (SSSR count). The van der Waals surface area contributed by atoms with Gasteiger partial charge < -0.3 is 9.26 Å². The average Bonchev–Trinajstić information content (AvgIpc) is 3.15. The van der Waals surface area contributed by atoms with Crippen LogP contribution < -0.4 is 0 Å². The number of thiophene rings is 1. The highest BCUT2D eigenvalue weighted by molar-refractivity contribution is 7.16. The number of hydrogen-bond donors (Lipinski definition) is 0. The van der Waals surface area contributed by atoms with E-state index in [0.717, 1.165) is 48.5 Å². The second-order valence-electron chi connectivity index (χ2n) is 5.57. The second-order valence-corrected chi connectivity index (χ2v) is 7.37. The molecule has 1 atom stereocenters. The minimum Gasteiger partial charge on any atom is -0.384 e. The summed E-state index contributed by atoms with van der Waals surface area (Å²) in [7, 11) is 1.68. The van der Waals surface area contributed by atoms with Crippen molar-refractivity contribution in [1.29, 1.82) is 0 Å². The number of methoxy groups -OCH3 is 1. The van der Waals surface area contributed by atoms with Crippen molar-refractivity contribution in [1.82, 2.24) is 15.0 Å². The molecule has 0 radical (unpaired) electrons. The minimum atomic E-state index is 0.327. The second kappa shape index (κ2) is 7.55. The molecular weight excluding hydrogens is 322 g/mol. The molecule has 0 amide bonds. The standard InChI is InChI=1S/C15H20ClN3O2S/c1-20-8-6-14-17-15(21-18-14)11-3-2-7-19(9-11)10-12-4-5-13(16)22-12/h4-5,11H,2-3,6-10H2,1H3/t11-/m1/s1. The molecule has 5 nitrogen and oxygen atoms in total. The van der Waals surface area contributed by atoms with Crippen molar-refractivity contribution in [3.63, 3.8) is 0 Å². The van der Waals surface area contributed by atoms with Crippen molar-refractivity contribution in [2.24, 2.45) is 0 Å². The van der Waals surface area contributed by atoms with E-state index in [4.69, 9.17) is 20.9 Å². The van der Waals surface area contributed by atoms with Crippen LogP contribution in [0.5, 0.6) is 0 Å². The van der Waals surface area contributed by atoms with Gasteiger partial charge in [0, 0.05) is 31.5 Å². The van der Waals surface area contributed by atoms with Crippen LogP contribution in [0.15, 0.2) is 16.7 Å². The van der Waals surface area contributed by atoms with Gasteiger partial charge in [0.1, 0.15) is 0 Å². The zero-order chi connectivity index (χ0) is 15.4. The summed E-state index contributed by atoms with van der Waals surface area (Å²) in [5, 5.41) is 4.04. The third kappa shape index (κ3) is 4.07. The van der Waals surface area contributed by atoms with Gasteiger partial charge in [0.2, 0.25) is 5.89 Å². The summed E-state index contributed by atoms with van der Waals surface area (Å²) in [6, 6.07) is 4.06. The van der Waals surface area contributed by atoms with Gasteiger partial charge in [0.05, 0.1) is 16.9 Å². The Labute approximate surface area is 139 Å². The maximum Gasteiger partial charge on any atom is 0.231 e. The molecule has 0 aliphatic carbocycles. The number of rotatable bonds is 6. The lowest BCUT2D eigenvalue weighted by Gasteiger charge is -2.30. The summed E-state index contributed by atoms with van der Waals surface area (Å²) in [5.74, 6) is 1.83. The largest absolute Gasteiger partial charge is 0.384 e. The topological polar surface area (TPSA) is 51.4 Å². The van der Waals surface area contributed by atoms with Gasteiger partial charge in [0.25, 0.3) is 0 Å². The molecule has 2 aromatic rings. The van der Waals surface area contributed by atoms with Crippen LogP contribution in [-0.4, -0.2) is 41.8 Å². The van der Waals surface area contributed by atoms with Crippen LogP contribution in [0.1, 0.15) is 35.4 Å². The highest BCUT2D eigenvalue weighted by Crippen LogP contribution is 2.29. The van der Waals surface area contributed by atoms with E-state index in [2.05, 4.69) is 21.1 Å². The van der Waals surface area contributed by atoms with Crippen LogP contribution in [0.3, 0.4) is 0 Å². The molecule has 0 bridgehead atoms. The molecule has 0 spiro atoms. The molecule has 0 aromatic carbocycles. The predicted molar refractivity (Wildman–Crippen MR) is 86.5 cm³/mol. The van der Waals surface area contributed by atoms with Crippen molar-refractivity contribution < 1.29 is 9.26 Å². The zero-order valence-electron chi connectivity index (χ0n) is 12.6. The average molecular weight is 342 g/mol. The fourth-order valence-electron chi connectivity index (χ4n) is 2.79. The fourth-order valence-corrected chi connectivity index (χ4v) is 3.92. The number of piperidine rings is 1. The van der Waals surface area contributed by atoms with E-state index >= 15 is 0 Å². The van der Waals surface area contributed by atoms with Crippen LogP contribution >= 0.6 is 22.9 Å². The number of ether oxygens (including phenoxy) is 1. The summed E-state index contributed by atoms with van der Waals surface area (Å²) in [5.41, 5.74) is 0. The van der Waals surface area contributed by atoms with Gasteiger partial charge in [-0.05, 0) is 31.5 Å². The molecule has 120 valence electrons. The first kappa shape index (κ1) is 15.9. The molecule has 7 heteroatoms. The van der Waals surface area contributed by atoms with E-state index in [1.165, 1.54) is 4.88 Å². The third-order valence-corrected chi connectivity index (χ3v) is 5.09. The lowest BCUT2D eigenvalue weighted by Crippen LogP contribution is -2.33. The Morgan fingerprint density at radius 3 is 3.18 bits per heavy atom. The van der Waals surface area contributed by atoms with Crippen LogP contribution in [0, 0.1) is 0 Å². The van der Waals surface area contributed by atoms with E-state index in [1.54, 1.807) is 18.4 Å². The number of halogens is 1. The van der Waals surface area contributed by atoms with E-state index in [0.29, 0.717) is 18.9 Å². The minimum absolute atomic E-state index is 0.327. The molecule has 0 N–H and O–H groups in total. The Bertz CT molecular complexity index is 601. The van der Waals surface area contributed by atoms with E-state index in [-0.39, 0.29) is 0 Å². The van der Waals surface area contributed by atoms with Gasteiger partial charge in [-0.25, -0.2) is 0 Å². The Kier molecular flexibility index (Phi) is 5.46. The Morgan fingerprint density at radius 1 is 1.50 bits per heavy atom. The van der Waals surface area contributed by atoms with Gasteiger partial charge in [-0.2, -0.15) is 4.98 Å². The molecule has 1 saturated heterocycles. The van der Waals surface area contributed by atoms with E-state index in [9.17, 15) is 0 Å². The number of aromatic nitrogens is 2. The first-order valence-electron chi connectivity index (χ1n) is 7.52. The number of likely N-dealkylation sites (tertiary alicyclic amines) is 1. The number of nitrogens with zero attached hydrogens (tertiary/aromatic N) is 3. The van der Waals surface area contributed by atoms with Gasteiger partial charge in [-0.15, -0.1) is 11.3 Å². The zero-order valence-corrected chi connectivity index (χ0v) is 14.2. The van der Waals surface area contributed by atoms with Crippen LogP contribution in [-0.2, 0) is 17.7 Å². The first-order chi connectivity index (χ1) is 10.7. The third-order valence-electron chi connectivity index (χ3n) is 3.88. The summed E-state index contributed by atoms with van der Waals surface area (Å²) >= 11 is 7.65. The molecule has 1 aliphatic rings. The molecule has 2 aromatic heterocycles. The highest BCUT2D eigenvalue weighted by atomic mass is 35.5. The smallest absolute Gasteiger partial charge is 0.231 e. The normalized spacial score (nSPS) is 19.6. The molecule has 22 heavy (non-hydrogen) atoms. The van der Waals surface area contributed by atoms with Crippen LogP contribution in [0.25, 0.3) is 0 Å². The molecular formula is C15H20ClN3O2S. The van der Waals surface area contributed by atoms with Crippen molar-refractivity contribution in [3.8, 4) is 0 Å². The van der Waals surface area contributed by atoms with Gasteiger partial charge >= 0.3 is 0 Å². The van der Waals surface area contributed by atoms with Gasteiger partial charge in [0.15, 0.2) is 5.82 Å². The predicted octanol–water partition coefficient (Wildman–Crippen LogP) is 3.35. The van der Waals surface area contributed by atoms with Crippen molar-refractivity contribution in [2.45, 2.75) is 31.7 Å². The molecule has 0 saturated carbocycles. The van der Waals surface area contributed by atoms with Crippen molar-refractivity contribution in [2.75, 3.05) is 26.8 Å². The van der Waals surface area contributed by atoms with Gasteiger partial charge in [-0.1, -0.05) is 16.8 Å². The number of hydrogen-bond acceptors (Lipinski definition) is 6. The highest BCUT2D eigenvalue weighted by Gasteiger charge is 2.26. The van der Waals surface area contributed by atoms with Crippen molar-refractivity contribution >= 4 is 22.9 Å². The molecule has 1 fully saturated rings. The molecule has 1 aliphatic heterocycles. The van der Waals surface area contributed by atoms with Crippen LogP contribution in [0.4, 0.5) is 0 Å². The lowest BCUT2D eigenvalue weighted by atomic mass is 9.98. The van der Waals surface area contributed by atoms with E-state index < -0.39 is 0 Å². The maximum absolute atomic E-state index is 6.00. The Balaban J connectivity index is 1.59.